The second kappa shape index (κ2) is 8.52. The maximum atomic E-state index is 11.8. The molecular weight excluding hydrogens is 384 g/mol. The standard InChI is InChI=1S/C28H42O3/c1-6-21(30)9-7-18(2)24-11-12-25-23-10-8-20-17-22(31-19(3)29)13-15-27(20,4)26(23)14-16-28(24,25)5/h6,8,18,22-26H,1,7,9-17H2,2-5H3/t18-,22+,23+,24-,25+,26+,27+,28-/m1/s1. The van der Waals surface area contributed by atoms with Crippen molar-refractivity contribution in [3.8, 4) is 0 Å². The molecule has 0 N–H and O–H groups in total. The summed E-state index contributed by atoms with van der Waals surface area (Å²) < 4.78 is 5.58. The van der Waals surface area contributed by atoms with Crippen LogP contribution in [0.25, 0.3) is 0 Å². The first kappa shape index (κ1) is 22.8. The first-order valence-electron chi connectivity index (χ1n) is 12.7. The summed E-state index contributed by atoms with van der Waals surface area (Å²) in [4.78, 5) is 23.2. The molecule has 4 aliphatic carbocycles. The lowest BCUT2D eigenvalue weighted by Crippen LogP contribution is -2.51. The number of rotatable bonds is 6. The quantitative estimate of drug-likeness (QED) is 0.271. The van der Waals surface area contributed by atoms with Crippen LogP contribution in [-0.2, 0) is 14.3 Å². The van der Waals surface area contributed by atoms with E-state index in [1.807, 2.05) is 0 Å². The molecule has 3 heteroatoms. The highest BCUT2D eigenvalue weighted by molar-refractivity contribution is 5.88. The predicted octanol–water partition coefficient (Wildman–Crippen LogP) is 6.67. The highest BCUT2D eigenvalue weighted by Gasteiger charge is 2.59. The molecule has 0 aliphatic heterocycles. The number of fused-ring (bicyclic) bond motifs is 5. The van der Waals surface area contributed by atoms with Crippen molar-refractivity contribution in [3.63, 3.8) is 0 Å². The molecule has 0 saturated heterocycles. The molecule has 8 atom stereocenters. The van der Waals surface area contributed by atoms with Crippen LogP contribution in [-0.4, -0.2) is 17.9 Å². The number of ketones is 1. The summed E-state index contributed by atoms with van der Waals surface area (Å²) in [7, 11) is 0. The minimum Gasteiger partial charge on any atom is -0.462 e. The van der Waals surface area contributed by atoms with E-state index in [9.17, 15) is 9.59 Å². The third kappa shape index (κ3) is 3.95. The van der Waals surface area contributed by atoms with Gasteiger partial charge in [0, 0.05) is 19.8 Å². The fourth-order valence-corrected chi connectivity index (χ4v) is 8.61. The summed E-state index contributed by atoms with van der Waals surface area (Å²) in [6, 6.07) is 0. The summed E-state index contributed by atoms with van der Waals surface area (Å²) in [5.74, 6) is 3.79. The van der Waals surface area contributed by atoms with E-state index >= 15 is 0 Å². The van der Waals surface area contributed by atoms with Crippen molar-refractivity contribution in [3.05, 3.63) is 24.3 Å². The van der Waals surface area contributed by atoms with Crippen molar-refractivity contribution in [2.45, 2.75) is 98.0 Å². The van der Waals surface area contributed by atoms with Crippen molar-refractivity contribution in [2.75, 3.05) is 0 Å². The molecular formula is C28H42O3. The fourth-order valence-electron chi connectivity index (χ4n) is 8.61. The van der Waals surface area contributed by atoms with Gasteiger partial charge in [-0.25, -0.2) is 0 Å². The Kier molecular flexibility index (Phi) is 6.27. The van der Waals surface area contributed by atoms with Crippen LogP contribution in [0.5, 0.6) is 0 Å². The van der Waals surface area contributed by atoms with E-state index < -0.39 is 0 Å². The van der Waals surface area contributed by atoms with Gasteiger partial charge in [0.1, 0.15) is 6.10 Å². The highest BCUT2D eigenvalue weighted by Crippen LogP contribution is 2.67. The molecule has 0 heterocycles. The molecule has 3 saturated carbocycles. The van der Waals surface area contributed by atoms with Gasteiger partial charge in [-0.1, -0.05) is 39.0 Å². The first-order chi connectivity index (χ1) is 14.7. The lowest BCUT2D eigenvalue weighted by molar-refractivity contribution is -0.148. The Morgan fingerprint density at radius 2 is 1.97 bits per heavy atom. The van der Waals surface area contributed by atoms with Crippen molar-refractivity contribution in [1.29, 1.82) is 0 Å². The Balaban J connectivity index is 1.49. The van der Waals surface area contributed by atoms with Crippen LogP contribution in [0, 0.1) is 40.4 Å². The van der Waals surface area contributed by atoms with E-state index in [0.29, 0.717) is 23.2 Å². The summed E-state index contributed by atoms with van der Waals surface area (Å²) in [6.07, 6.45) is 15.4. The lowest BCUT2D eigenvalue weighted by atomic mass is 9.47. The average Bonchev–Trinajstić information content (AvgIpc) is 3.09. The summed E-state index contributed by atoms with van der Waals surface area (Å²) in [5, 5.41) is 0. The molecule has 0 spiro atoms. The largest absolute Gasteiger partial charge is 0.462 e. The maximum Gasteiger partial charge on any atom is 0.302 e. The molecule has 31 heavy (non-hydrogen) atoms. The number of hydrogen-bond acceptors (Lipinski definition) is 3. The van der Waals surface area contributed by atoms with Crippen LogP contribution in [0.2, 0.25) is 0 Å². The number of allylic oxidation sites excluding steroid dienone is 2. The van der Waals surface area contributed by atoms with Gasteiger partial charge in [0.25, 0.3) is 0 Å². The van der Waals surface area contributed by atoms with Crippen LogP contribution < -0.4 is 0 Å². The van der Waals surface area contributed by atoms with Gasteiger partial charge in [0.05, 0.1) is 0 Å². The van der Waals surface area contributed by atoms with Gasteiger partial charge >= 0.3 is 5.97 Å². The maximum absolute atomic E-state index is 11.8. The molecule has 0 radical (unpaired) electrons. The molecule has 0 aromatic carbocycles. The predicted molar refractivity (Wildman–Crippen MR) is 124 cm³/mol. The molecule has 0 unspecified atom stereocenters. The van der Waals surface area contributed by atoms with Gasteiger partial charge in [-0.15, -0.1) is 0 Å². The van der Waals surface area contributed by atoms with Gasteiger partial charge in [-0.3, -0.25) is 9.59 Å². The van der Waals surface area contributed by atoms with Crippen molar-refractivity contribution in [1.82, 2.24) is 0 Å². The van der Waals surface area contributed by atoms with Crippen LogP contribution in [0.4, 0.5) is 0 Å². The van der Waals surface area contributed by atoms with E-state index in [1.54, 1.807) is 5.57 Å². The number of hydrogen-bond donors (Lipinski definition) is 0. The average molecular weight is 427 g/mol. The molecule has 172 valence electrons. The fraction of sp³-hybridized carbons (Fsp3) is 0.786. The number of carbonyl (C=O) groups is 2. The van der Waals surface area contributed by atoms with E-state index in [2.05, 4.69) is 33.4 Å². The third-order valence-corrected chi connectivity index (χ3v) is 10.2. The molecule has 0 aromatic heterocycles. The van der Waals surface area contributed by atoms with Crippen molar-refractivity contribution in [2.24, 2.45) is 40.4 Å². The van der Waals surface area contributed by atoms with Crippen LogP contribution >= 0.6 is 0 Å². The molecule has 0 bridgehead atoms. The summed E-state index contributed by atoms with van der Waals surface area (Å²) in [6.45, 7) is 12.7. The monoisotopic (exact) mass is 426 g/mol. The van der Waals surface area contributed by atoms with Crippen LogP contribution in [0.1, 0.15) is 91.9 Å². The SMILES string of the molecule is C=CC(=O)CC[C@@H](C)[C@H]1CC[C@H]2[C@@H]3CC=C4C[C@@H](OC(C)=O)CC[C@]4(C)[C@H]3CC[C@]12C. The van der Waals surface area contributed by atoms with E-state index in [4.69, 9.17) is 4.74 Å². The Hall–Kier alpha value is -1.38. The zero-order valence-electron chi connectivity index (χ0n) is 20.1. The number of ether oxygens (including phenoxy) is 1. The minimum absolute atomic E-state index is 0.0808. The van der Waals surface area contributed by atoms with Gasteiger partial charge in [-0.05, 0) is 97.9 Å². The molecule has 3 fully saturated rings. The third-order valence-electron chi connectivity index (χ3n) is 10.2. The summed E-state index contributed by atoms with van der Waals surface area (Å²) >= 11 is 0. The zero-order valence-corrected chi connectivity index (χ0v) is 20.1. The van der Waals surface area contributed by atoms with Gasteiger partial charge < -0.3 is 4.74 Å². The van der Waals surface area contributed by atoms with E-state index in [-0.39, 0.29) is 17.9 Å². The molecule has 4 aliphatic rings. The highest BCUT2D eigenvalue weighted by atomic mass is 16.5. The smallest absolute Gasteiger partial charge is 0.302 e. The van der Waals surface area contributed by atoms with Gasteiger partial charge in [-0.2, -0.15) is 0 Å². The van der Waals surface area contributed by atoms with E-state index in [1.165, 1.54) is 45.1 Å². The molecule has 0 amide bonds. The number of esters is 1. The van der Waals surface area contributed by atoms with Crippen molar-refractivity contribution >= 4 is 11.8 Å². The van der Waals surface area contributed by atoms with Crippen LogP contribution in [0.15, 0.2) is 24.3 Å². The summed E-state index contributed by atoms with van der Waals surface area (Å²) in [5.41, 5.74) is 2.29. The van der Waals surface area contributed by atoms with Crippen LogP contribution in [0.3, 0.4) is 0 Å². The van der Waals surface area contributed by atoms with Gasteiger partial charge in [0.15, 0.2) is 5.78 Å². The first-order valence-corrected chi connectivity index (χ1v) is 12.7. The topological polar surface area (TPSA) is 43.4 Å². The Morgan fingerprint density at radius 1 is 1.19 bits per heavy atom. The second-order valence-electron chi connectivity index (χ2n) is 11.6. The van der Waals surface area contributed by atoms with Gasteiger partial charge in [0.2, 0.25) is 0 Å². The molecule has 3 nitrogen and oxygen atoms in total. The Morgan fingerprint density at radius 3 is 2.68 bits per heavy atom. The number of carbonyl (C=O) groups excluding carboxylic acids is 2. The molecule has 4 rings (SSSR count). The lowest BCUT2D eigenvalue weighted by Gasteiger charge is -2.58. The minimum atomic E-state index is -0.141. The normalized spacial score (nSPS) is 42.5. The Labute approximate surface area is 189 Å². The molecule has 0 aromatic rings. The second-order valence-corrected chi connectivity index (χ2v) is 11.6. The zero-order chi connectivity index (χ0) is 22.4. The van der Waals surface area contributed by atoms with Crippen molar-refractivity contribution < 1.29 is 14.3 Å². The van der Waals surface area contributed by atoms with E-state index in [0.717, 1.165) is 49.4 Å². The Bertz CT molecular complexity index is 766.